The number of benzene rings is 2. The molecule has 1 aliphatic carbocycles. The lowest BCUT2D eigenvalue weighted by Gasteiger charge is -2.20. The minimum Gasteiger partial charge on any atom is -0.507 e. The summed E-state index contributed by atoms with van der Waals surface area (Å²) in [6.45, 7) is 0.735. The number of hydrogen-bond donors (Lipinski definition) is 3. The maximum Gasteiger partial charge on any atom is 0.255 e. The Morgan fingerprint density at radius 1 is 0.960 bits per heavy atom. The molecule has 25 heavy (non-hydrogen) atoms. The first kappa shape index (κ1) is 17.3. The Hall–Kier alpha value is -2.56. The Labute approximate surface area is 147 Å². The molecule has 1 fully saturated rings. The van der Waals surface area contributed by atoms with E-state index in [1.165, 1.54) is 6.42 Å². The average Bonchev–Trinajstić information content (AvgIpc) is 2.65. The topological polar surface area (TPSA) is 78.4 Å². The van der Waals surface area contributed by atoms with Crippen molar-refractivity contribution in [3.8, 4) is 5.75 Å². The van der Waals surface area contributed by atoms with E-state index in [1.54, 1.807) is 12.1 Å². The number of aromatic hydroxyl groups is 1. The van der Waals surface area contributed by atoms with Crippen LogP contribution in [0.25, 0.3) is 10.8 Å². The summed E-state index contributed by atoms with van der Waals surface area (Å²) in [5.41, 5.74) is 0.248. The molecule has 0 heterocycles. The zero-order valence-corrected chi connectivity index (χ0v) is 14.3. The molecule has 2 aromatic carbocycles. The van der Waals surface area contributed by atoms with Gasteiger partial charge in [0.1, 0.15) is 5.75 Å². The van der Waals surface area contributed by atoms with Gasteiger partial charge in [-0.3, -0.25) is 9.59 Å². The molecular formula is C20H24N2O3. The van der Waals surface area contributed by atoms with Crippen LogP contribution >= 0.6 is 0 Å². The fraction of sp³-hybridized carbons (Fsp3) is 0.400. The summed E-state index contributed by atoms with van der Waals surface area (Å²) in [7, 11) is 0. The molecule has 2 amide bonds. The largest absolute Gasteiger partial charge is 0.507 e. The maximum absolute atomic E-state index is 12.3. The van der Waals surface area contributed by atoms with Crippen LogP contribution < -0.4 is 10.6 Å². The number of carbonyl (C=O) groups is 2. The van der Waals surface area contributed by atoms with Crippen LogP contribution in [0.1, 0.15) is 42.5 Å². The summed E-state index contributed by atoms with van der Waals surface area (Å²) in [5, 5.41) is 17.5. The van der Waals surface area contributed by atoms with Crippen LogP contribution in [-0.4, -0.2) is 30.0 Å². The molecule has 0 spiro atoms. The highest BCUT2D eigenvalue weighted by Gasteiger charge is 2.20. The number of rotatable bonds is 5. The van der Waals surface area contributed by atoms with Crippen molar-refractivity contribution in [2.45, 2.75) is 32.1 Å². The third-order valence-electron chi connectivity index (χ3n) is 4.79. The minimum atomic E-state index is -0.338. The van der Waals surface area contributed by atoms with Gasteiger partial charge in [0, 0.05) is 19.0 Å². The van der Waals surface area contributed by atoms with Gasteiger partial charge in [0.15, 0.2) is 0 Å². The first-order chi connectivity index (χ1) is 12.1. The van der Waals surface area contributed by atoms with E-state index < -0.39 is 0 Å². The first-order valence-corrected chi connectivity index (χ1v) is 8.93. The van der Waals surface area contributed by atoms with E-state index in [1.807, 2.05) is 24.3 Å². The molecule has 3 N–H and O–H groups in total. The summed E-state index contributed by atoms with van der Waals surface area (Å²) >= 11 is 0. The van der Waals surface area contributed by atoms with E-state index in [4.69, 9.17) is 0 Å². The Bertz CT molecular complexity index is 767. The fourth-order valence-electron chi connectivity index (χ4n) is 3.38. The Morgan fingerprint density at radius 3 is 2.32 bits per heavy atom. The van der Waals surface area contributed by atoms with E-state index in [0.29, 0.717) is 13.1 Å². The van der Waals surface area contributed by atoms with Crippen molar-refractivity contribution < 1.29 is 14.7 Å². The molecule has 0 unspecified atom stereocenters. The molecule has 0 saturated heterocycles. The Kier molecular flexibility index (Phi) is 5.53. The first-order valence-electron chi connectivity index (χ1n) is 8.93. The van der Waals surface area contributed by atoms with Crippen LogP contribution in [-0.2, 0) is 4.79 Å². The monoisotopic (exact) mass is 340 g/mol. The number of fused-ring (bicyclic) bond motifs is 1. The molecule has 3 rings (SSSR count). The van der Waals surface area contributed by atoms with Gasteiger partial charge in [-0.2, -0.15) is 0 Å². The highest BCUT2D eigenvalue weighted by Crippen LogP contribution is 2.25. The van der Waals surface area contributed by atoms with Crippen molar-refractivity contribution in [2.75, 3.05) is 13.1 Å². The standard InChI is InChI=1S/C20H24N2O3/c23-18-13-16-9-5-4-8-15(16)12-17(18)20(25)22-11-10-21-19(24)14-6-2-1-3-7-14/h4-5,8-9,12-14,23H,1-3,6-7,10-11H2,(H,21,24)(H,22,25). The molecule has 0 radical (unpaired) electrons. The lowest BCUT2D eigenvalue weighted by Crippen LogP contribution is -2.38. The Balaban J connectivity index is 1.51. The Morgan fingerprint density at radius 2 is 1.60 bits per heavy atom. The molecule has 5 heteroatoms. The van der Waals surface area contributed by atoms with Gasteiger partial charge in [-0.25, -0.2) is 0 Å². The summed E-state index contributed by atoms with van der Waals surface area (Å²) < 4.78 is 0. The third-order valence-corrected chi connectivity index (χ3v) is 4.79. The van der Waals surface area contributed by atoms with E-state index >= 15 is 0 Å². The molecule has 1 saturated carbocycles. The molecule has 0 bridgehead atoms. The van der Waals surface area contributed by atoms with Crippen LogP contribution in [0.3, 0.4) is 0 Å². The van der Waals surface area contributed by atoms with Crippen molar-refractivity contribution in [2.24, 2.45) is 5.92 Å². The summed E-state index contributed by atoms with van der Waals surface area (Å²) in [6.07, 6.45) is 5.38. The highest BCUT2D eigenvalue weighted by molar-refractivity contribution is 6.01. The van der Waals surface area contributed by atoms with E-state index in [2.05, 4.69) is 10.6 Å². The maximum atomic E-state index is 12.3. The number of phenolic OH excluding ortho intramolecular Hbond substituents is 1. The SMILES string of the molecule is O=C(NCCNC(=O)C1CCCCC1)c1cc2ccccc2cc1O. The van der Waals surface area contributed by atoms with Crippen LogP contribution in [0.2, 0.25) is 0 Å². The van der Waals surface area contributed by atoms with E-state index in [-0.39, 0.29) is 29.0 Å². The summed E-state index contributed by atoms with van der Waals surface area (Å²) in [6, 6.07) is 10.8. The van der Waals surface area contributed by atoms with Crippen molar-refractivity contribution in [1.82, 2.24) is 10.6 Å². The lowest BCUT2D eigenvalue weighted by molar-refractivity contribution is -0.125. The van der Waals surface area contributed by atoms with Crippen LogP contribution in [0, 0.1) is 5.92 Å². The smallest absolute Gasteiger partial charge is 0.255 e. The molecule has 0 atom stereocenters. The van der Waals surface area contributed by atoms with Crippen LogP contribution in [0.15, 0.2) is 36.4 Å². The van der Waals surface area contributed by atoms with Crippen molar-refractivity contribution in [3.05, 3.63) is 42.0 Å². The molecule has 0 aromatic heterocycles. The van der Waals surface area contributed by atoms with Crippen molar-refractivity contribution >= 4 is 22.6 Å². The average molecular weight is 340 g/mol. The van der Waals surface area contributed by atoms with Crippen LogP contribution in [0.5, 0.6) is 5.75 Å². The van der Waals surface area contributed by atoms with Gasteiger partial charge >= 0.3 is 0 Å². The van der Waals surface area contributed by atoms with Gasteiger partial charge in [-0.05, 0) is 35.7 Å². The fourth-order valence-corrected chi connectivity index (χ4v) is 3.38. The minimum absolute atomic E-state index is 0.0394. The van der Waals surface area contributed by atoms with Gasteiger partial charge in [0.05, 0.1) is 5.56 Å². The number of nitrogens with one attached hydrogen (secondary N) is 2. The summed E-state index contributed by atoms with van der Waals surface area (Å²) in [5.74, 6) is -0.172. The second-order valence-corrected chi connectivity index (χ2v) is 6.60. The van der Waals surface area contributed by atoms with Crippen LogP contribution in [0.4, 0.5) is 0 Å². The van der Waals surface area contributed by atoms with Gasteiger partial charge in [0.25, 0.3) is 5.91 Å². The van der Waals surface area contributed by atoms with E-state index in [9.17, 15) is 14.7 Å². The number of hydrogen-bond acceptors (Lipinski definition) is 3. The molecule has 0 aliphatic heterocycles. The van der Waals surface area contributed by atoms with Gasteiger partial charge in [-0.1, -0.05) is 43.5 Å². The highest BCUT2D eigenvalue weighted by atomic mass is 16.3. The predicted octanol–water partition coefficient (Wildman–Crippen LogP) is 2.97. The zero-order chi connectivity index (χ0) is 17.6. The van der Waals surface area contributed by atoms with Crippen molar-refractivity contribution in [3.63, 3.8) is 0 Å². The molecule has 5 nitrogen and oxygen atoms in total. The summed E-state index contributed by atoms with van der Waals surface area (Å²) in [4.78, 5) is 24.3. The second-order valence-electron chi connectivity index (χ2n) is 6.60. The van der Waals surface area contributed by atoms with Crippen molar-refractivity contribution in [1.29, 1.82) is 0 Å². The number of phenols is 1. The molecule has 1 aliphatic rings. The number of amides is 2. The molecule has 132 valence electrons. The van der Waals surface area contributed by atoms with E-state index in [0.717, 1.165) is 36.5 Å². The normalized spacial score (nSPS) is 15.0. The molecule has 2 aromatic rings. The van der Waals surface area contributed by atoms with Gasteiger partial charge in [-0.15, -0.1) is 0 Å². The van der Waals surface area contributed by atoms with Gasteiger partial charge in [0.2, 0.25) is 5.91 Å². The third kappa shape index (κ3) is 4.29. The number of carbonyl (C=O) groups excluding carboxylic acids is 2. The predicted molar refractivity (Wildman–Crippen MR) is 97.5 cm³/mol. The quantitative estimate of drug-likeness (QED) is 0.732. The lowest BCUT2D eigenvalue weighted by atomic mass is 9.89. The second kappa shape index (κ2) is 8.01. The van der Waals surface area contributed by atoms with Gasteiger partial charge < -0.3 is 15.7 Å². The molecular weight excluding hydrogens is 316 g/mol. The zero-order valence-electron chi connectivity index (χ0n) is 14.3.